The summed E-state index contributed by atoms with van der Waals surface area (Å²) >= 11 is 1.60. The van der Waals surface area contributed by atoms with E-state index in [4.69, 9.17) is 0 Å². The summed E-state index contributed by atoms with van der Waals surface area (Å²) in [5.74, 6) is 0.475. The Kier molecular flexibility index (Phi) is 3.84. The molecule has 6 nitrogen and oxygen atoms in total. The summed E-state index contributed by atoms with van der Waals surface area (Å²) in [6, 6.07) is 1.99. The third-order valence-electron chi connectivity index (χ3n) is 2.82. The maximum Gasteiger partial charge on any atom is 0.334 e. The van der Waals surface area contributed by atoms with E-state index in [1.807, 2.05) is 30.7 Å². The minimum Gasteiger partial charge on any atom is -0.360 e. The van der Waals surface area contributed by atoms with Crippen LogP contribution in [0.4, 0.5) is 11.5 Å². The molecule has 1 N–H and O–H groups in total. The van der Waals surface area contributed by atoms with E-state index in [0.29, 0.717) is 18.1 Å². The van der Waals surface area contributed by atoms with Crippen molar-refractivity contribution in [3.63, 3.8) is 0 Å². The topological polar surface area (TPSA) is 73.0 Å². The van der Waals surface area contributed by atoms with Crippen molar-refractivity contribution in [1.82, 2.24) is 9.78 Å². The molecule has 0 aliphatic carbocycles. The smallest absolute Gasteiger partial charge is 0.334 e. The fourth-order valence-corrected chi connectivity index (χ4v) is 2.55. The zero-order valence-corrected chi connectivity index (χ0v) is 11.9. The van der Waals surface area contributed by atoms with Crippen molar-refractivity contribution in [3.8, 4) is 0 Å². The Labute approximate surface area is 115 Å². The van der Waals surface area contributed by atoms with Crippen molar-refractivity contribution in [2.24, 2.45) is 7.05 Å². The Hall–Kier alpha value is -1.89. The zero-order chi connectivity index (χ0) is 14.0. The van der Waals surface area contributed by atoms with Crippen molar-refractivity contribution in [3.05, 3.63) is 38.2 Å². The van der Waals surface area contributed by atoms with Gasteiger partial charge in [-0.05, 0) is 22.4 Å². The summed E-state index contributed by atoms with van der Waals surface area (Å²) in [4.78, 5) is 10.9. The molecule has 0 aliphatic rings. The standard InChI is InChI=1S/C12H16N4O2S/c1-8(2)10-11(16(17)18)12(15(3)14-10)13-6-9-4-5-19-7-9/h4-5,7-8,13H,6H2,1-3H3. The maximum absolute atomic E-state index is 11.2. The van der Waals surface area contributed by atoms with Gasteiger partial charge < -0.3 is 5.32 Å². The van der Waals surface area contributed by atoms with Crippen LogP contribution < -0.4 is 5.32 Å². The number of anilines is 1. The van der Waals surface area contributed by atoms with Crippen LogP contribution in [0.2, 0.25) is 0 Å². The minimum atomic E-state index is -0.363. The van der Waals surface area contributed by atoms with E-state index in [0.717, 1.165) is 5.56 Å². The Morgan fingerprint density at radius 3 is 2.84 bits per heavy atom. The Balaban J connectivity index is 2.30. The molecule has 0 saturated heterocycles. The number of aryl methyl sites for hydroxylation is 1. The molecule has 2 heterocycles. The highest BCUT2D eigenvalue weighted by molar-refractivity contribution is 7.07. The fraction of sp³-hybridized carbons (Fsp3) is 0.417. The molecular weight excluding hydrogens is 264 g/mol. The van der Waals surface area contributed by atoms with Gasteiger partial charge in [0.05, 0.1) is 4.92 Å². The first-order chi connectivity index (χ1) is 9.00. The van der Waals surface area contributed by atoms with Crippen LogP contribution in [0.5, 0.6) is 0 Å². The van der Waals surface area contributed by atoms with Crippen LogP contribution >= 0.6 is 11.3 Å². The highest BCUT2D eigenvalue weighted by Gasteiger charge is 2.28. The summed E-state index contributed by atoms with van der Waals surface area (Å²) in [6.07, 6.45) is 0. The van der Waals surface area contributed by atoms with Crippen molar-refractivity contribution in [2.75, 3.05) is 5.32 Å². The Morgan fingerprint density at radius 1 is 1.58 bits per heavy atom. The number of nitrogens with zero attached hydrogens (tertiary/aromatic N) is 3. The summed E-state index contributed by atoms with van der Waals surface area (Å²) < 4.78 is 1.54. The average molecular weight is 280 g/mol. The second kappa shape index (κ2) is 5.40. The second-order valence-corrected chi connectivity index (χ2v) is 5.38. The fourth-order valence-electron chi connectivity index (χ4n) is 1.88. The van der Waals surface area contributed by atoms with Crippen molar-refractivity contribution < 1.29 is 4.92 Å². The monoisotopic (exact) mass is 280 g/mol. The van der Waals surface area contributed by atoms with Gasteiger partial charge in [0.25, 0.3) is 0 Å². The molecule has 0 bridgehead atoms. The molecule has 19 heavy (non-hydrogen) atoms. The molecule has 102 valence electrons. The number of rotatable bonds is 5. The lowest BCUT2D eigenvalue weighted by Crippen LogP contribution is -2.05. The van der Waals surface area contributed by atoms with Crippen molar-refractivity contribution in [1.29, 1.82) is 0 Å². The molecule has 2 aromatic rings. The van der Waals surface area contributed by atoms with E-state index in [-0.39, 0.29) is 16.5 Å². The largest absolute Gasteiger partial charge is 0.360 e. The predicted molar refractivity (Wildman–Crippen MR) is 75.6 cm³/mol. The van der Waals surface area contributed by atoms with Gasteiger partial charge in [-0.25, -0.2) is 4.68 Å². The van der Waals surface area contributed by atoms with Crippen molar-refractivity contribution in [2.45, 2.75) is 26.3 Å². The van der Waals surface area contributed by atoms with Crippen LogP contribution in [0, 0.1) is 10.1 Å². The maximum atomic E-state index is 11.2. The van der Waals surface area contributed by atoms with E-state index < -0.39 is 0 Å². The normalized spacial score (nSPS) is 10.9. The first-order valence-electron chi connectivity index (χ1n) is 5.97. The van der Waals surface area contributed by atoms with E-state index in [1.165, 1.54) is 0 Å². The van der Waals surface area contributed by atoms with Crippen LogP contribution in [0.3, 0.4) is 0 Å². The molecule has 2 rings (SSSR count). The van der Waals surface area contributed by atoms with Crippen LogP contribution in [-0.4, -0.2) is 14.7 Å². The molecule has 0 amide bonds. The molecule has 0 aliphatic heterocycles. The molecule has 0 fully saturated rings. The highest BCUT2D eigenvalue weighted by atomic mass is 32.1. The van der Waals surface area contributed by atoms with Crippen molar-refractivity contribution >= 4 is 22.8 Å². The van der Waals surface area contributed by atoms with Gasteiger partial charge in [0.1, 0.15) is 5.69 Å². The van der Waals surface area contributed by atoms with E-state index in [2.05, 4.69) is 10.4 Å². The third-order valence-corrected chi connectivity index (χ3v) is 3.55. The highest BCUT2D eigenvalue weighted by Crippen LogP contribution is 2.33. The lowest BCUT2D eigenvalue weighted by atomic mass is 10.1. The molecule has 0 aromatic carbocycles. The molecule has 0 unspecified atom stereocenters. The van der Waals surface area contributed by atoms with Gasteiger partial charge >= 0.3 is 5.69 Å². The van der Waals surface area contributed by atoms with E-state index >= 15 is 0 Å². The van der Waals surface area contributed by atoms with E-state index in [1.54, 1.807) is 23.1 Å². The molecule has 0 spiro atoms. The van der Waals surface area contributed by atoms with Gasteiger partial charge in [-0.1, -0.05) is 13.8 Å². The summed E-state index contributed by atoms with van der Waals surface area (Å²) in [6.45, 7) is 4.36. The predicted octanol–water partition coefficient (Wildman–Crippen LogP) is 3.13. The molecular formula is C12H16N4O2S. The lowest BCUT2D eigenvalue weighted by Gasteiger charge is -2.04. The van der Waals surface area contributed by atoms with Crippen LogP contribution in [-0.2, 0) is 13.6 Å². The van der Waals surface area contributed by atoms with Gasteiger partial charge in [-0.2, -0.15) is 16.4 Å². The molecule has 0 saturated carbocycles. The number of aromatic nitrogens is 2. The average Bonchev–Trinajstić information content (AvgIpc) is 2.93. The first kappa shape index (κ1) is 13.5. The van der Waals surface area contributed by atoms with E-state index in [9.17, 15) is 10.1 Å². The van der Waals surface area contributed by atoms with Gasteiger partial charge in [-0.3, -0.25) is 10.1 Å². The minimum absolute atomic E-state index is 0.0169. The number of thiophene rings is 1. The first-order valence-corrected chi connectivity index (χ1v) is 6.91. The molecule has 2 aromatic heterocycles. The van der Waals surface area contributed by atoms with Crippen LogP contribution in [0.1, 0.15) is 31.0 Å². The number of hydrogen-bond acceptors (Lipinski definition) is 5. The number of nitro groups is 1. The SMILES string of the molecule is CC(C)c1nn(C)c(NCc2ccsc2)c1[N+](=O)[O-]. The summed E-state index contributed by atoms with van der Waals surface area (Å²) in [5.41, 5.74) is 1.69. The quantitative estimate of drug-likeness (QED) is 0.674. The molecule has 7 heteroatoms. The van der Waals surface area contributed by atoms with Gasteiger partial charge in [-0.15, -0.1) is 0 Å². The molecule has 0 atom stereocenters. The second-order valence-electron chi connectivity index (χ2n) is 4.60. The van der Waals surface area contributed by atoms with Crippen LogP contribution in [0.15, 0.2) is 16.8 Å². The Morgan fingerprint density at radius 2 is 2.32 bits per heavy atom. The summed E-state index contributed by atoms with van der Waals surface area (Å²) in [5, 5.41) is 22.6. The number of hydrogen-bond donors (Lipinski definition) is 1. The van der Waals surface area contributed by atoms with Crippen LogP contribution in [0.25, 0.3) is 0 Å². The van der Waals surface area contributed by atoms with Gasteiger partial charge in [0.2, 0.25) is 5.82 Å². The Bertz CT molecular complexity index is 575. The zero-order valence-electron chi connectivity index (χ0n) is 11.1. The van der Waals surface area contributed by atoms with Gasteiger partial charge in [0.15, 0.2) is 0 Å². The third kappa shape index (κ3) is 2.76. The van der Waals surface area contributed by atoms with Gasteiger partial charge in [0, 0.05) is 19.5 Å². The summed E-state index contributed by atoms with van der Waals surface area (Å²) in [7, 11) is 1.72. The lowest BCUT2D eigenvalue weighted by molar-refractivity contribution is -0.384. The number of nitrogens with one attached hydrogen (secondary N) is 1. The molecule has 0 radical (unpaired) electrons.